The Bertz CT molecular complexity index is 444. The lowest BCUT2D eigenvalue weighted by Gasteiger charge is -2.09. The van der Waals surface area contributed by atoms with Crippen LogP contribution in [0.15, 0.2) is 23.1 Å². The van der Waals surface area contributed by atoms with Gasteiger partial charge in [-0.25, -0.2) is 0 Å². The molecular weight excluding hydrogens is 196 g/mol. The third kappa shape index (κ3) is 2.84. The summed E-state index contributed by atoms with van der Waals surface area (Å²) in [6.07, 6.45) is 0.891. The minimum Gasteiger partial charge on any atom is -0.497 e. The van der Waals surface area contributed by atoms with Crippen molar-refractivity contribution in [2.24, 2.45) is 0 Å². The quantitative estimate of drug-likeness (QED) is 0.707. The SMILES string of the molecule is [2H]C([2H])([2H])Oc1ccc(OC([2H])([2H])[2H])c(SCCC)c1. The third-order valence-corrected chi connectivity index (χ3v) is 2.85. The predicted octanol–water partition coefficient (Wildman–Crippen LogP) is 3.21. The van der Waals surface area contributed by atoms with Gasteiger partial charge in [-0.1, -0.05) is 6.92 Å². The van der Waals surface area contributed by atoms with Crippen LogP contribution in [0.5, 0.6) is 11.5 Å². The van der Waals surface area contributed by atoms with E-state index in [1.54, 1.807) is 0 Å². The first-order valence-corrected chi connectivity index (χ1v) is 5.24. The number of thioether (sulfide) groups is 1. The normalized spacial score (nSPS) is 18.1. The summed E-state index contributed by atoms with van der Waals surface area (Å²) in [4.78, 5) is 0.546. The Balaban J connectivity index is 2.99. The van der Waals surface area contributed by atoms with Gasteiger partial charge in [0.2, 0.25) is 0 Å². The van der Waals surface area contributed by atoms with Crippen LogP contribution in [0.1, 0.15) is 21.6 Å². The molecule has 0 amide bonds. The van der Waals surface area contributed by atoms with E-state index in [1.165, 1.54) is 30.0 Å². The number of hydrogen-bond acceptors (Lipinski definition) is 3. The first-order chi connectivity index (χ1) is 9.11. The maximum atomic E-state index is 7.12. The summed E-state index contributed by atoms with van der Waals surface area (Å²) >= 11 is 1.39. The van der Waals surface area contributed by atoms with Crippen molar-refractivity contribution in [2.45, 2.75) is 18.2 Å². The highest BCUT2D eigenvalue weighted by atomic mass is 32.2. The van der Waals surface area contributed by atoms with Crippen LogP contribution >= 0.6 is 11.8 Å². The van der Waals surface area contributed by atoms with E-state index in [-0.39, 0.29) is 11.5 Å². The molecule has 0 aliphatic heterocycles. The van der Waals surface area contributed by atoms with Gasteiger partial charge in [-0.05, 0) is 30.4 Å². The molecule has 0 saturated carbocycles. The Hall–Kier alpha value is -0.830. The van der Waals surface area contributed by atoms with Gasteiger partial charge in [-0.3, -0.25) is 0 Å². The Morgan fingerprint density at radius 1 is 1.36 bits per heavy atom. The second-order valence-electron chi connectivity index (χ2n) is 2.66. The first kappa shape index (κ1) is 5.31. The van der Waals surface area contributed by atoms with E-state index in [1.807, 2.05) is 6.92 Å². The Morgan fingerprint density at radius 2 is 2.21 bits per heavy atom. The molecule has 78 valence electrons. The van der Waals surface area contributed by atoms with Crippen molar-refractivity contribution < 1.29 is 17.7 Å². The lowest BCUT2D eigenvalue weighted by Crippen LogP contribution is -1.89. The monoisotopic (exact) mass is 218 g/mol. The van der Waals surface area contributed by atoms with E-state index < -0.39 is 14.1 Å². The maximum Gasteiger partial charge on any atom is 0.132 e. The molecule has 0 aromatic heterocycles. The highest BCUT2D eigenvalue weighted by Gasteiger charge is 2.04. The summed E-state index contributed by atoms with van der Waals surface area (Å²) in [7, 11) is -5.09. The van der Waals surface area contributed by atoms with Gasteiger partial charge in [0, 0.05) is 0 Å². The van der Waals surface area contributed by atoms with Gasteiger partial charge in [0.05, 0.1) is 27.2 Å². The van der Waals surface area contributed by atoms with Gasteiger partial charge in [0.25, 0.3) is 0 Å². The molecule has 0 aliphatic carbocycles. The Labute approximate surface area is 98.0 Å². The van der Waals surface area contributed by atoms with Crippen LogP contribution in [0, 0.1) is 0 Å². The van der Waals surface area contributed by atoms with Crippen molar-refractivity contribution in [3.63, 3.8) is 0 Å². The fraction of sp³-hybridized carbons (Fsp3) is 0.455. The number of benzene rings is 1. The lowest BCUT2D eigenvalue weighted by molar-refractivity contribution is 0.394. The van der Waals surface area contributed by atoms with Crippen molar-refractivity contribution in [2.75, 3.05) is 19.8 Å². The fourth-order valence-corrected chi connectivity index (χ4v) is 1.84. The first-order valence-electron chi connectivity index (χ1n) is 7.25. The van der Waals surface area contributed by atoms with Crippen LogP contribution < -0.4 is 9.47 Å². The zero-order valence-electron chi connectivity index (χ0n) is 13.9. The molecule has 0 N–H and O–H groups in total. The fourth-order valence-electron chi connectivity index (χ4n) is 0.961. The molecule has 0 spiro atoms. The average Bonchev–Trinajstić information content (AvgIpc) is 2.25. The van der Waals surface area contributed by atoms with Crippen molar-refractivity contribution >= 4 is 11.8 Å². The van der Waals surface area contributed by atoms with Gasteiger partial charge >= 0.3 is 0 Å². The minimum atomic E-state index is -2.55. The van der Waals surface area contributed by atoms with Gasteiger partial charge in [0.1, 0.15) is 11.5 Å². The van der Waals surface area contributed by atoms with E-state index in [0.29, 0.717) is 4.90 Å². The lowest BCUT2D eigenvalue weighted by atomic mass is 10.3. The molecule has 1 aromatic rings. The molecule has 0 aliphatic rings. The molecule has 2 nitrogen and oxygen atoms in total. The van der Waals surface area contributed by atoms with E-state index >= 15 is 0 Å². The van der Waals surface area contributed by atoms with Crippen LogP contribution in [0.3, 0.4) is 0 Å². The predicted molar refractivity (Wildman–Crippen MR) is 60.6 cm³/mol. The van der Waals surface area contributed by atoms with Crippen LogP contribution in [-0.4, -0.2) is 19.8 Å². The summed E-state index contributed by atoms with van der Waals surface area (Å²) in [5.74, 6) is 1.11. The molecule has 1 aromatic carbocycles. The number of ether oxygens (including phenoxy) is 2. The summed E-state index contributed by atoms with van der Waals surface area (Å²) in [5, 5.41) is 0. The second-order valence-corrected chi connectivity index (χ2v) is 3.80. The molecule has 0 fully saturated rings. The highest BCUT2D eigenvalue weighted by molar-refractivity contribution is 7.99. The number of hydrogen-bond donors (Lipinski definition) is 0. The molecule has 14 heavy (non-hydrogen) atoms. The molecule has 0 heterocycles. The van der Waals surface area contributed by atoms with Gasteiger partial charge in [-0.15, -0.1) is 11.8 Å². The highest BCUT2D eigenvalue weighted by Crippen LogP contribution is 2.32. The van der Waals surface area contributed by atoms with Crippen molar-refractivity contribution in [1.29, 1.82) is 0 Å². The number of rotatable bonds is 5. The minimum absolute atomic E-state index is 0.154. The standard InChI is InChI=1S/C11H16O2S/c1-4-7-14-11-8-9(12-2)5-6-10(11)13-3/h5-6,8H,4,7H2,1-3H3/i2D3,3D3. The molecule has 0 saturated heterocycles. The zero-order chi connectivity index (χ0) is 15.4. The summed E-state index contributed by atoms with van der Waals surface area (Å²) < 4.78 is 52.2. The maximum absolute atomic E-state index is 7.12. The average molecular weight is 218 g/mol. The second kappa shape index (κ2) is 5.81. The zero-order valence-corrected chi connectivity index (χ0v) is 8.69. The molecule has 0 atom stereocenters. The van der Waals surface area contributed by atoms with Crippen LogP contribution in [0.2, 0.25) is 0 Å². The Morgan fingerprint density at radius 3 is 2.93 bits per heavy atom. The van der Waals surface area contributed by atoms with Crippen molar-refractivity contribution in [3.8, 4) is 11.5 Å². The largest absolute Gasteiger partial charge is 0.497 e. The van der Waals surface area contributed by atoms with E-state index in [4.69, 9.17) is 17.7 Å². The summed E-state index contributed by atoms with van der Waals surface area (Å²) in [6.45, 7) is 1.99. The molecule has 1 rings (SSSR count). The molecular formula is C11H16O2S. The molecule has 0 bridgehead atoms. The van der Waals surface area contributed by atoms with Crippen LogP contribution in [-0.2, 0) is 0 Å². The Kier molecular flexibility index (Phi) is 2.20. The van der Waals surface area contributed by atoms with E-state index in [2.05, 4.69) is 0 Å². The van der Waals surface area contributed by atoms with Gasteiger partial charge in [-0.2, -0.15) is 0 Å². The van der Waals surface area contributed by atoms with E-state index in [9.17, 15) is 0 Å². The molecule has 0 unspecified atom stereocenters. The van der Waals surface area contributed by atoms with Crippen molar-refractivity contribution in [1.82, 2.24) is 0 Å². The van der Waals surface area contributed by atoms with Crippen LogP contribution in [0.4, 0.5) is 0 Å². The smallest absolute Gasteiger partial charge is 0.132 e. The molecule has 0 radical (unpaired) electrons. The number of methoxy groups -OCH3 is 2. The van der Waals surface area contributed by atoms with Crippen LogP contribution in [0.25, 0.3) is 0 Å². The van der Waals surface area contributed by atoms with Gasteiger partial charge < -0.3 is 9.47 Å². The van der Waals surface area contributed by atoms with E-state index in [0.717, 1.165) is 12.2 Å². The van der Waals surface area contributed by atoms with Crippen molar-refractivity contribution in [3.05, 3.63) is 18.2 Å². The van der Waals surface area contributed by atoms with Gasteiger partial charge in [0.15, 0.2) is 0 Å². The summed E-state index contributed by atoms with van der Waals surface area (Å²) in [6, 6.07) is 4.27. The summed E-state index contributed by atoms with van der Waals surface area (Å²) in [5.41, 5.74) is 0. The topological polar surface area (TPSA) is 18.5 Å². The third-order valence-electron chi connectivity index (χ3n) is 1.60. The molecule has 3 heteroatoms.